The van der Waals surface area contributed by atoms with E-state index in [1.807, 2.05) is 24.3 Å². The molecule has 0 aliphatic heterocycles. The van der Waals surface area contributed by atoms with Crippen LogP contribution in [0.4, 0.5) is 0 Å². The third-order valence-electron chi connectivity index (χ3n) is 9.64. The normalized spacial score (nSPS) is 14.7. The summed E-state index contributed by atoms with van der Waals surface area (Å²) in [6.45, 7) is 2.56. The molecule has 0 aromatic rings. The maximum absolute atomic E-state index is 12.6. The van der Waals surface area contributed by atoms with E-state index in [1.54, 1.807) is 6.08 Å². The molecule has 0 aliphatic carbocycles. The Kier molecular flexibility index (Phi) is 39.0. The lowest BCUT2D eigenvalue weighted by molar-refractivity contribution is -0.161. The van der Waals surface area contributed by atoms with E-state index in [0.29, 0.717) is 19.3 Å². The van der Waals surface area contributed by atoms with Crippen LogP contribution in [0.1, 0.15) is 187 Å². The Labute approximate surface area is 357 Å². The number of hydrogen-bond acceptors (Lipinski definition) is 10. The van der Waals surface area contributed by atoms with E-state index in [9.17, 15) is 28.9 Å². The minimum atomic E-state index is -4.73. The van der Waals surface area contributed by atoms with Crippen LogP contribution < -0.4 is 5.73 Å². The van der Waals surface area contributed by atoms with E-state index in [0.717, 1.165) is 57.8 Å². The van der Waals surface area contributed by atoms with E-state index >= 15 is 0 Å². The summed E-state index contributed by atoms with van der Waals surface area (Å²) in [5.74, 6) is -2.44. The van der Waals surface area contributed by atoms with E-state index in [4.69, 9.17) is 24.8 Å². The van der Waals surface area contributed by atoms with Crippen molar-refractivity contribution in [1.29, 1.82) is 0 Å². The Morgan fingerprint density at radius 1 is 0.610 bits per heavy atom. The van der Waals surface area contributed by atoms with Gasteiger partial charge in [0.15, 0.2) is 6.10 Å². The Hall–Kier alpha value is -2.60. The van der Waals surface area contributed by atoms with Crippen LogP contribution in [-0.4, -0.2) is 71.1 Å². The highest BCUT2D eigenvalue weighted by Crippen LogP contribution is 2.43. The van der Waals surface area contributed by atoms with Gasteiger partial charge in [0.25, 0.3) is 0 Å². The number of unbranched alkanes of at least 4 members (excludes halogenated alkanes) is 20. The van der Waals surface area contributed by atoms with Gasteiger partial charge in [-0.1, -0.05) is 159 Å². The molecule has 12 nitrogen and oxygen atoms in total. The van der Waals surface area contributed by atoms with Gasteiger partial charge < -0.3 is 30.3 Å². The minimum absolute atomic E-state index is 0.143. The van der Waals surface area contributed by atoms with Crippen molar-refractivity contribution < 1.29 is 52.6 Å². The van der Waals surface area contributed by atoms with Crippen molar-refractivity contribution in [2.45, 2.75) is 205 Å². The van der Waals surface area contributed by atoms with Crippen LogP contribution in [-0.2, 0) is 37.5 Å². The molecule has 342 valence electrons. The first-order chi connectivity index (χ1) is 28.5. The zero-order chi connectivity index (χ0) is 43.7. The van der Waals surface area contributed by atoms with Crippen molar-refractivity contribution >= 4 is 25.7 Å². The fraction of sp³-hybridized carbons (Fsp3) is 0.761. The number of phosphoric ester groups is 1. The van der Waals surface area contributed by atoms with Gasteiger partial charge in [0.05, 0.1) is 19.3 Å². The third-order valence-corrected chi connectivity index (χ3v) is 10.6. The smallest absolute Gasteiger partial charge is 0.472 e. The summed E-state index contributed by atoms with van der Waals surface area (Å²) in [6.07, 6.45) is 42.2. The van der Waals surface area contributed by atoms with Crippen LogP contribution in [0.3, 0.4) is 0 Å². The van der Waals surface area contributed by atoms with E-state index in [-0.39, 0.29) is 19.4 Å². The van der Waals surface area contributed by atoms with Gasteiger partial charge in [-0.15, -0.1) is 0 Å². The highest BCUT2D eigenvalue weighted by atomic mass is 31.2. The zero-order valence-electron chi connectivity index (χ0n) is 36.7. The molecule has 0 aromatic heterocycles. The maximum Gasteiger partial charge on any atom is 0.472 e. The van der Waals surface area contributed by atoms with Crippen molar-refractivity contribution in [2.24, 2.45) is 5.73 Å². The molecule has 0 fully saturated rings. The number of hydrogen-bond donors (Lipinski definition) is 4. The van der Waals surface area contributed by atoms with Crippen LogP contribution in [0.2, 0.25) is 0 Å². The first-order valence-electron chi connectivity index (χ1n) is 22.8. The predicted molar refractivity (Wildman–Crippen MR) is 237 cm³/mol. The molecule has 0 saturated heterocycles. The quantitative estimate of drug-likeness (QED) is 0.0150. The first-order valence-corrected chi connectivity index (χ1v) is 24.3. The predicted octanol–water partition coefficient (Wildman–Crippen LogP) is 11.1. The molecule has 13 heteroatoms. The van der Waals surface area contributed by atoms with Crippen LogP contribution in [0.25, 0.3) is 0 Å². The molecule has 0 bridgehead atoms. The van der Waals surface area contributed by atoms with Gasteiger partial charge in [-0.05, 0) is 64.2 Å². The lowest BCUT2D eigenvalue weighted by atomic mass is 10.1. The highest BCUT2D eigenvalue weighted by Gasteiger charge is 2.28. The van der Waals surface area contributed by atoms with Gasteiger partial charge in [-0.2, -0.15) is 0 Å². The van der Waals surface area contributed by atoms with Crippen LogP contribution in [0.15, 0.2) is 48.6 Å². The number of rotatable bonds is 42. The molecular weight excluding hydrogens is 773 g/mol. The van der Waals surface area contributed by atoms with Crippen molar-refractivity contribution in [2.75, 3.05) is 19.8 Å². The van der Waals surface area contributed by atoms with E-state index in [1.165, 1.54) is 83.5 Å². The average Bonchev–Trinajstić information content (AvgIpc) is 3.20. The number of carbonyl (C=O) groups excluding carboxylic acids is 2. The molecule has 0 amide bonds. The van der Waals surface area contributed by atoms with Crippen molar-refractivity contribution in [3.8, 4) is 0 Å². The number of aliphatic hydroxyl groups is 1. The summed E-state index contributed by atoms with van der Waals surface area (Å²) < 4.78 is 32.7. The van der Waals surface area contributed by atoms with Crippen molar-refractivity contribution in [3.05, 3.63) is 48.6 Å². The Bertz CT molecular complexity index is 1210. The number of aliphatic hydroxyl groups excluding tert-OH is 1. The highest BCUT2D eigenvalue weighted by molar-refractivity contribution is 7.47. The molecule has 2 unspecified atom stereocenters. The Morgan fingerprint density at radius 2 is 1.10 bits per heavy atom. The van der Waals surface area contributed by atoms with Gasteiger partial charge in [0.2, 0.25) is 0 Å². The number of esters is 2. The molecule has 0 rings (SSSR count). The molecule has 0 saturated carbocycles. The topological polar surface area (TPSA) is 192 Å². The lowest BCUT2D eigenvalue weighted by Gasteiger charge is -2.20. The van der Waals surface area contributed by atoms with E-state index in [2.05, 4.69) is 36.6 Å². The molecule has 0 heterocycles. The summed E-state index contributed by atoms with van der Waals surface area (Å²) in [5, 5.41) is 18.8. The Morgan fingerprint density at radius 3 is 1.64 bits per heavy atom. The second-order valence-electron chi connectivity index (χ2n) is 15.4. The summed E-state index contributed by atoms with van der Waals surface area (Å²) >= 11 is 0. The second-order valence-corrected chi connectivity index (χ2v) is 16.8. The molecule has 5 N–H and O–H groups in total. The fourth-order valence-electron chi connectivity index (χ4n) is 6.04. The summed E-state index contributed by atoms with van der Waals surface area (Å²) in [6, 6.07) is -1.53. The van der Waals surface area contributed by atoms with Gasteiger partial charge in [-0.3, -0.25) is 23.4 Å². The van der Waals surface area contributed by atoms with Crippen molar-refractivity contribution in [1.82, 2.24) is 0 Å². The number of carboxylic acid groups (broad SMARTS) is 1. The first kappa shape index (κ1) is 56.4. The molecular formula is C46H82NO11P. The van der Waals surface area contributed by atoms with Gasteiger partial charge in [-0.25, -0.2) is 4.57 Å². The molecule has 0 aliphatic rings. The third kappa shape index (κ3) is 40.6. The standard InChI is InChI=1S/C46H82NO11P/c1-3-5-7-8-9-10-11-12-13-14-15-16-17-18-19-22-26-29-33-37-45(50)58-42(39-56-59(53,54)57-40-43(47)46(51)52)38-55-44(49)36-32-28-25-23-20-21-24-27-31-35-41(48)34-30-6-4-2/h6,12-13,24,27,30-31,35,41-43,48H,3-5,7-11,14-23,25-26,28-29,32-34,36-40,47H2,1-2H3,(H,51,52)(H,53,54)/b13-12-,27-24+,30-6+,35-31+/t41?,42-,43+/m1/s1. The van der Waals surface area contributed by atoms with Gasteiger partial charge in [0.1, 0.15) is 12.6 Å². The average molecular weight is 856 g/mol. The van der Waals surface area contributed by atoms with E-state index < -0.39 is 57.2 Å². The summed E-state index contributed by atoms with van der Waals surface area (Å²) in [7, 11) is -4.73. The number of carboxylic acids is 1. The van der Waals surface area contributed by atoms with Gasteiger partial charge >= 0.3 is 25.7 Å². The second kappa shape index (κ2) is 40.8. The number of carbonyl (C=O) groups is 3. The lowest BCUT2D eigenvalue weighted by Crippen LogP contribution is -2.34. The summed E-state index contributed by atoms with van der Waals surface area (Å²) in [5.41, 5.74) is 5.33. The van der Waals surface area contributed by atoms with Crippen molar-refractivity contribution in [3.63, 3.8) is 0 Å². The van der Waals surface area contributed by atoms with Gasteiger partial charge in [0, 0.05) is 12.8 Å². The molecule has 59 heavy (non-hydrogen) atoms. The van der Waals surface area contributed by atoms with Crippen LogP contribution in [0.5, 0.6) is 0 Å². The number of allylic oxidation sites excluding steroid dienone is 6. The monoisotopic (exact) mass is 856 g/mol. The number of ether oxygens (including phenoxy) is 2. The van der Waals surface area contributed by atoms with Crippen LogP contribution in [0, 0.1) is 0 Å². The molecule has 0 radical (unpaired) electrons. The number of aliphatic carboxylic acids is 1. The SMILES string of the molecule is CC/C=C/CC(O)/C=C/C=C/CCCCCCCC(=O)OC[C@H](COP(=O)(O)OC[C@H](N)C(=O)O)OC(=O)CCCCCCCCCCC/C=C\CCCCCCCC. The number of phosphoric acid groups is 1. The minimum Gasteiger partial charge on any atom is -0.480 e. The molecule has 0 aromatic carbocycles. The maximum atomic E-state index is 12.6. The van der Waals surface area contributed by atoms with Crippen LogP contribution >= 0.6 is 7.82 Å². The molecule has 4 atom stereocenters. The summed E-state index contributed by atoms with van der Waals surface area (Å²) in [4.78, 5) is 46.0. The molecule has 0 spiro atoms. The number of nitrogens with two attached hydrogens (primary N) is 1. The Balaban J connectivity index is 4.38. The fourth-order valence-corrected chi connectivity index (χ4v) is 6.81. The zero-order valence-corrected chi connectivity index (χ0v) is 37.6. The largest absolute Gasteiger partial charge is 0.480 e.